The molecule has 0 spiro atoms. The van der Waals surface area contributed by atoms with Gasteiger partial charge in [0.1, 0.15) is 6.61 Å². The van der Waals surface area contributed by atoms with Crippen molar-refractivity contribution in [2.24, 2.45) is 0 Å². The van der Waals surface area contributed by atoms with Crippen molar-refractivity contribution in [2.45, 2.75) is 26.4 Å². The van der Waals surface area contributed by atoms with Crippen molar-refractivity contribution in [1.29, 1.82) is 0 Å². The number of hydrogen-bond donors (Lipinski definition) is 1. The van der Waals surface area contributed by atoms with E-state index in [1.165, 1.54) is 6.07 Å². The lowest BCUT2D eigenvalue weighted by molar-refractivity contribution is 0.277. The van der Waals surface area contributed by atoms with Crippen molar-refractivity contribution >= 4 is 11.6 Å². The Morgan fingerprint density at radius 1 is 1.43 bits per heavy atom. The van der Waals surface area contributed by atoms with Crippen LogP contribution in [0.25, 0.3) is 0 Å². The van der Waals surface area contributed by atoms with Crippen LogP contribution in [-0.2, 0) is 13.1 Å². The Hall–Kier alpha value is -1.66. The van der Waals surface area contributed by atoms with Crippen molar-refractivity contribution in [3.8, 4) is 5.75 Å². The number of halogens is 2. The lowest BCUT2D eigenvalue weighted by Gasteiger charge is -2.07. The van der Waals surface area contributed by atoms with Gasteiger partial charge in [-0.2, -0.15) is 0 Å². The molecular formula is C14H18ClFN4O. The van der Waals surface area contributed by atoms with Crippen molar-refractivity contribution in [3.63, 3.8) is 0 Å². The van der Waals surface area contributed by atoms with E-state index in [0.29, 0.717) is 19.7 Å². The van der Waals surface area contributed by atoms with Gasteiger partial charge < -0.3 is 10.1 Å². The number of ether oxygens (including phenoxy) is 1. The van der Waals surface area contributed by atoms with Gasteiger partial charge in [-0.1, -0.05) is 29.8 Å². The molecule has 1 aromatic heterocycles. The third kappa shape index (κ3) is 4.68. The van der Waals surface area contributed by atoms with Crippen LogP contribution in [0.15, 0.2) is 24.4 Å². The second kappa shape index (κ2) is 7.95. The Balaban J connectivity index is 1.79. The van der Waals surface area contributed by atoms with Gasteiger partial charge in [-0.05, 0) is 25.1 Å². The third-order valence-electron chi connectivity index (χ3n) is 2.81. The molecule has 0 radical (unpaired) electrons. The smallest absolute Gasteiger partial charge is 0.183 e. The van der Waals surface area contributed by atoms with E-state index in [2.05, 4.69) is 22.6 Å². The Morgan fingerprint density at radius 2 is 2.29 bits per heavy atom. The Labute approximate surface area is 128 Å². The van der Waals surface area contributed by atoms with E-state index in [1.54, 1.807) is 16.8 Å². The second-order valence-electron chi connectivity index (χ2n) is 4.55. The zero-order valence-corrected chi connectivity index (χ0v) is 12.6. The van der Waals surface area contributed by atoms with Gasteiger partial charge in [0, 0.05) is 12.7 Å². The molecular weight excluding hydrogens is 295 g/mol. The molecule has 0 saturated carbocycles. The van der Waals surface area contributed by atoms with Gasteiger partial charge in [0.05, 0.1) is 17.3 Å². The van der Waals surface area contributed by atoms with Crippen molar-refractivity contribution < 1.29 is 9.13 Å². The molecule has 5 nitrogen and oxygen atoms in total. The number of nitrogens with zero attached hydrogens (tertiary/aromatic N) is 3. The molecule has 1 N–H and O–H groups in total. The fourth-order valence-electron chi connectivity index (χ4n) is 1.77. The van der Waals surface area contributed by atoms with E-state index in [0.717, 1.165) is 18.7 Å². The monoisotopic (exact) mass is 312 g/mol. The van der Waals surface area contributed by atoms with E-state index in [4.69, 9.17) is 16.3 Å². The van der Waals surface area contributed by atoms with Gasteiger partial charge in [0.15, 0.2) is 11.6 Å². The van der Waals surface area contributed by atoms with Gasteiger partial charge in [-0.25, -0.2) is 9.07 Å². The number of aromatic nitrogens is 3. The maximum Gasteiger partial charge on any atom is 0.183 e. The van der Waals surface area contributed by atoms with Crippen molar-refractivity contribution in [2.75, 3.05) is 13.2 Å². The first-order valence-electron chi connectivity index (χ1n) is 6.87. The molecule has 2 rings (SSSR count). The van der Waals surface area contributed by atoms with Crippen LogP contribution in [0.3, 0.4) is 0 Å². The third-order valence-corrected chi connectivity index (χ3v) is 3.11. The summed E-state index contributed by atoms with van der Waals surface area (Å²) in [5.74, 6) is -0.394. The summed E-state index contributed by atoms with van der Waals surface area (Å²) in [6.45, 7) is 4.53. The summed E-state index contributed by atoms with van der Waals surface area (Å²) < 4.78 is 20.6. The highest BCUT2D eigenvalue weighted by Gasteiger charge is 2.07. The van der Waals surface area contributed by atoms with E-state index in [-0.39, 0.29) is 10.8 Å². The van der Waals surface area contributed by atoms with Crippen LogP contribution in [0.2, 0.25) is 5.02 Å². The lowest BCUT2D eigenvalue weighted by Crippen LogP contribution is -2.14. The first-order chi connectivity index (χ1) is 10.2. The Bertz CT molecular complexity index is 576. The van der Waals surface area contributed by atoms with Crippen molar-refractivity contribution in [1.82, 2.24) is 20.3 Å². The minimum Gasteiger partial charge on any atom is -0.489 e. The molecule has 0 fully saturated rings. The molecule has 114 valence electrons. The number of nitrogens with one attached hydrogen (secondary N) is 1. The molecule has 1 aromatic carbocycles. The maximum atomic E-state index is 13.6. The quantitative estimate of drug-likeness (QED) is 0.761. The molecule has 0 unspecified atom stereocenters. The standard InChI is InChI=1S/C14H18ClFN4O/c1-2-6-17-9-11-10-20(19-18-11)7-8-21-13-5-3-4-12(15)14(13)16/h3-5,10,17H,2,6-9H2,1H3. The summed E-state index contributed by atoms with van der Waals surface area (Å²) in [7, 11) is 0. The van der Waals surface area contributed by atoms with Gasteiger partial charge in [-0.3, -0.25) is 0 Å². The molecule has 0 aliphatic heterocycles. The van der Waals surface area contributed by atoms with Crippen LogP contribution < -0.4 is 10.1 Å². The normalized spacial score (nSPS) is 10.8. The highest BCUT2D eigenvalue weighted by molar-refractivity contribution is 6.30. The average Bonchev–Trinajstić information content (AvgIpc) is 2.92. The topological polar surface area (TPSA) is 52.0 Å². The molecule has 0 aliphatic carbocycles. The molecule has 1 heterocycles. The first kappa shape index (κ1) is 15.7. The molecule has 0 aliphatic rings. The van der Waals surface area contributed by atoms with Gasteiger partial charge >= 0.3 is 0 Å². The predicted octanol–water partition coefficient (Wildman–Crippen LogP) is 2.65. The van der Waals surface area contributed by atoms with Crippen LogP contribution in [-0.4, -0.2) is 28.1 Å². The molecule has 21 heavy (non-hydrogen) atoms. The first-order valence-corrected chi connectivity index (χ1v) is 7.25. The van der Waals surface area contributed by atoms with E-state index in [9.17, 15) is 4.39 Å². The summed E-state index contributed by atoms with van der Waals surface area (Å²) >= 11 is 5.68. The molecule has 0 saturated heterocycles. The Kier molecular flexibility index (Phi) is 5.95. The Morgan fingerprint density at radius 3 is 3.10 bits per heavy atom. The van der Waals surface area contributed by atoms with E-state index in [1.807, 2.05) is 6.20 Å². The minimum atomic E-state index is -0.540. The van der Waals surface area contributed by atoms with Gasteiger partial charge in [0.25, 0.3) is 0 Å². The molecule has 0 atom stereocenters. The number of hydrogen-bond acceptors (Lipinski definition) is 4. The van der Waals surface area contributed by atoms with Gasteiger partial charge in [0.2, 0.25) is 0 Å². The highest BCUT2D eigenvalue weighted by Crippen LogP contribution is 2.23. The van der Waals surface area contributed by atoms with Crippen LogP contribution in [0.5, 0.6) is 5.75 Å². The predicted molar refractivity (Wildman–Crippen MR) is 78.9 cm³/mol. The maximum absolute atomic E-state index is 13.6. The summed E-state index contributed by atoms with van der Waals surface area (Å²) in [4.78, 5) is 0. The lowest BCUT2D eigenvalue weighted by atomic mass is 10.3. The molecule has 0 amide bonds. The van der Waals surface area contributed by atoms with E-state index < -0.39 is 5.82 Å². The summed E-state index contributed by atoms with van der Waals surface area (Å²) in [6.07, 6.45) is 2.92. The van der Waals surface area contributed by atoms with Crippen molar-refractivity contribution in [3.05, 3.63) is 40.9 Å². The summed E-state index contributed by atoms with van der Waals surface area (Å²) in [5.41, 5.74) is 0.873. The zero-order chi connectivity index (χ0) is 15.1. The molecule has 2 aromatic rings. The number of rotatable bonds is 8. The van der Waals surface area contributed by atoms with Crippen LogP contribution in [0.1, 0.15) is 19.0 Å². The number of benzene rings is 1. The minimum absolute atomic E-state index is 0.0533. The summed E-state index contributed by atoms with van der Waals surface area (Å²) in [5, 5.41) is 11.3. The van der Waals surface area contributed by atoms with Gasteiger partial charge in [-0.15, -0.1) is 5.10 Å². The zero-order valence-electron chi connectivity index (χ0n) is 11.9. The van der Waals surface area contributed by atoms with Crippen LogP contribution in [0, 0.1) is 5.82 Å². The average molecular weight is 313 g/mol. The fraction of sp³-hybridized carbons (Fsp3) is 0.429. The van der Waals surface area contributed by atoms with E-state index >= 15 is 0 Å². The van der Waals surface area contributed by atoms with Crippen LogP contribution in [0.4, 0.5) is 4.39 Å². The largest absolute Gasteiger partial charge is 0.489 e. The summed E-state index contributed by atoms with van der Waals surface area (Å²) in [6, 6.07) is 4.67. The van der Waals surface area contributed by atoms with Crippen LogP contribution >= 0.6 is 11.6 Å². The second-order valence-corrected chi connectivity index (χ2v) is 4.96. The SMILES string of the molecule is CCCNCc1cn(CCOc2cccc(Cl)c2F)nn1. The highest BCUT2D eigenvalue weighted by atomic mass is 35.5. The fourth-order valence-corrected chi connectivity index (χ4v) is 1.93. The molecule has 7 heteroatoms. The molecule has 0 bridgehead atoms.